The molecule has 3 aromatic carbocycles. The van der Waals surface area contributed by atoms with Gasteiger partial charge in [0.05, 0.1) is 7.11 Å². The molecule has 152 valence electrons. The third-order valence-electron chi connectivity index (χ3n) is 4.85. The second-order valence-electron chi connectivity index (χ2n) is 6.85. The highest BCUT2D eigenvalue weighted by molar-refractivity contribution is 7.67. The fraction of sp³-hybridized carbons (Fsp3) is 0.217. The predicted octanol–water partition coefficient (Wildman–Crippen LogP) is 5.12. The van der Waals surface area contributed by atoms with Crippen molar-refractivity contribution < 1.29 is 13.8 Å². The molecule has 29 heavy (non-hydrogen) atoms. The fourth-order valence-electron chi connectivity index (χ4n) is 3.25. The first-order valence-corrected chi connectivity index (χ1v) is 11.1. The zero-order chi connectivity index (χ0) is 20.9. The summed E-state index contributed by atoms with van der Waals surface area (Å²) in [5, 5.41) is 4.06. The highest BCUT2D eigenvalue weighted by Crippen LogP contribution is 2.59. The third kappa shape index (κ3) is 4.47. The molecule has 0 heterocycles. The molecule has 0 radical (unpaired) electrons. The Morgan fingerprint density at radius 2 is 1.48 bits per heavy atom. The van der Waals surface area contributed by atoms with E-state index in [1.165, 1.54) is 7.11 Å². The molecule has 0 aliphatic rings. The lowest BCUT2D eigenvalue weighted by Gasteiger charge is -2.30. The molecule has 5 nitrogen and oxygen atoms in total. The number of nitrogens with one attached hydrogen (secondary N) is 1. The normalized spacial score (nSPS) is 13.9. The minimum atomic E-state index is -3.35. The molecule has 1 N–H and O–H groups in total. The van der Waals surface area contributed by atoms with Crippen LogP contribution in [0.25, 0.3) is 0 Å². The summed E-state index contributed by atoms with van der Waals surface area (Å²) in [6.07, 6.45) is 0. The molecule has 0 aliphatic heterocycles. The van der Waals surface area contributed by atoms with Crippen LogP contribution in [0.4, 0.5) is 11.4 Å². The number of benzene rings is 3. The van der Waals surface area contributed by atoms with Gasteiger partial charge in [0, 0.05) is 43.4 Å². The lowest BCUT2D eigenvalue weighted by Crippen LogP contribution is -2.20. The Labute approximate surface area is 172 Å². The van der Waals surface area contributed by atoms with E-state index in [1.807, 2.05) is 97.9 Å². The Hall–Kier alpha value is -2.75. The molecule has 2 unspecified atom stereocenters. The summed E-state index contributed by atoms with van der Waals surface area (Å²) in [7, 11) is 3.70. The van der Waals surface area contributed by atoms with E-state index >= 15 is 0 Å². The predicted molar refractivity (Wildman–Crippen MR) is 121 cm³/mol. The first-order valence-electron chi connectivity index (χ1n) is 9.37. The molecule has 0 aromatic heterocycles. The van der Waals surface area contributed by atoms with Gasteiger partial charge in [-0.1, -0.05) is 36.4 Å². The van der Waals surface area contributed by atoms with Crippen molar-refractivity contribution in [3.63, 3.8) is 0 Å². The molecule has 0 spiro atoms. The van der Waals surface area contributed by atoms with Crippen LogP contribution in [0.3, 0.4) is 0 Å². The van der Waals surface area contributed by atoms with Crippen LogP contribution < -0.4 is 20.3 Å². The fourth-order valence-corrected chi connectivity index (χ4v) is 5.43. The van der Waals surface area contributed by atoms with Crippen molar-refractivity contribution in [3.05, 3.63) is 84.4 Å². The minimum absolute atomic E-state index is 0.615. The summed E-state index contributed by atoms with van der Waals surface area (Å²) >= 11 is 0. The highest BCUT2D eigenvalue weighted by atomic mass is 31.2. The van der Waals surface area contributed by atoms with Crippen LogP contribution in [-0.4, -0.2) is 28.3 Å². The van der Waals surface area contributed by atoms with Gasteiger partial charge in [0.25, 0.3) is 7.37 Å². The molecular formula is C23H27N2O3P. The van der Waals surface area contributed by atoms with Crippen molar-refractivity contribution in [1.29, 1.82) is 0 Å². The monoisotopic (exact) mass is 410 g/mol. The number of nitrogens with zero attached hydrogens (tertiary/aromatic N) is 1. The quantitative estimate of drug-likeness (QED) is 0.522. The van der Waals surface area contributed by atoms with Gasteiger partial charge in [-0.2, -0.15) is 0 Å². The first-order chi connectivity index (χ1) is 14.0. The third-order valence-corrected chi connectivity index (χ3v) is 7.50. The Balaban J connectivity index is 2.12. The van der Waals surface area contributed by atoms with Crippen LogP contribution in [0.15, 0.2) is 78.9 Å². The van der Waals surface area contributed by atoms with Gasteiger partial charge in [-0.25, -0.2) is 0 Å². The van der Waals surface area contributed by atoms with Gasteiger partial charge in [0.2, 0.25) is 0 Å². The molecule has 2 atom stereocenters. The Morgan fingerprint density at radius 1 is 0.862 bits per heavy atom. The summed E-state index contributed by atoms with van der Waals surface area (Å²) in [4.78, 5) is 2.00. The van der Waals surface area contributed by atoms with Gasteiger partial charge in [0.1, 0.15) is 11.5 Å². The number of rotatable bonds is 8. The van der Waals surface area contributed by atoms with Gasteiger partial charge in [-0.3, -0.25) is 4.57 Å². The van der Waals surface area contributed by atoms with E-state index in [1.54, 1.807) is 7.11 Å². The SMILES string of the molecule is COc1ccccc1C(Nc1ccccc1)P(=O)(OC)c1ccc(N(C)C)cc1. The maximum Gasteiger partial charge on any atom is 0.257 e. The maximum absolute atomic E-state index is 14.3. The summed E-state index contributed by atoms with van der Waals surface area (Å²) < 4.78 is 25.6. The molecule has 3 rings (SSSR count). The average Bonchev–Trinajstić information content (AvgIpc) is 2.77. The Kier molecular flexibility index (Phi) is 6.63. The average molecular weight is 410 g/mol. The van der Waals surface area contributed by atoms with Crippen molar-refractivity contribution in [2.45, 2.75) is 5.78 Å². The number of methoxy groups -OCH3 is 1. The van der Waals surface area contributed by atoms with Gasteiger partial charge in [0.15, 0.2) is 0 Å². The smallest absolute Gasteiger partial charge is 0.257 e. The minimum Gasteiger partial charge on any atom is -0.496 e. The zero-order valence-corrected chi connectivity index (χ0v) is 18.1. The second-order valence-corrected chi connectivity index (χ2v) is 9.44. The number of para-hydroxylation sites is 2. The lowest BCUT2D eigenvalue weighted by molar-refractivity contribution is 0.389. The zero-order valence-electron chi connectivity index (χ0n) is 17.2. The first kappa shape index (κ1) is 21.0. The van der Waals surface area contributed by atoms with Crippen molar-refractivity contribution >= 4 is 24.0 Å². The van der Waals surface area contributed by atoms with E-state index in [0.29, 0.717) is 11.1 Å². The second kappa shape index (κ2) is 9.17. The topological polar surface area (TPSA) is 50.8 Å². The van der Waals surface area contributed by atoms with E-state index < -0.39 is 13.2 Å². The Bertz CT molecular complexity index is 975. The molecule has 0 saturated heterocycles. The van der Waals surface area contributed by atoms with Crippen LogP contribution in [-0.2, 0) is 9.09 Å². The molecule has 6 heteroatoms. The number of hydrogen-bond acceptors (Lipinski definition) is 5. The van der Waals surface area contributed by atoms with Crippen LogP contribution >= 0.6 is 7.37 Å². The van der Waals surface area contributed by atoms with E-state index in [-0.39, 0.29) is 0 Å². The van der Waals surface area contributed by atoms with E-state index in [0.717, 1.165) is 16.9 Å². The molecule has 0 amide bonds. The molecule has 0 aliphatic carbocycles. The van der Waals surface area contributed by atoms with Gasteiger partial charge >= 0.3 is 0 Å². The van der Waals surface area contributed by atoms with Crippen molar-refractivity contribution in [3.8, 4) is 5.75 Å². The summed E-state index contributed by atoms with van der Waals surface area (Å²) in [5.41, 5.74) is 2.66. The maximum atomic E-state index is 14.3. The Morgan fingerprint density at radius 3 is 2.07 bits per heavy atom. The molecular weight excluding hydrogens is 383 g/mol. The molecule has 0 fully saturated rings. The van der Waals surface area contributed by atoms with Crippen molar-refractivity contribution in [1.82, 2.24) is 0 Å². The van der Waals surface area contributed by atoms with Crippen LogP contribution in [0, 0.1) is 0 Å². The van der Waals surface area contributed by atoms with Crippen LogP contribution in [0.5, 0.6) is 5.75 Å². The van der Waals surface area contributed by atoms with Gasteiger partial charge in [-0.05, 0) is 42.5 Å². The van der Waals surface area contributed by atoms with Gasteiger partial charge in [-0.15, -0.1) is 0 Å². The number of ether oxygens (including phenoxy) is 1. The number of anilines is 2. The van der Waals surface area contributed by atoms with Crippen LogP contribution in [0.1, 0.15) is 11.3 Å². The molecule has 0 saturated carbocycles. The summed E-state index contributed by atoms with van der Waals surface area (Å²) in [6.45, 7) is 0. The standard InChI is InChI=1S/C23H27N2O3P/c1-25(2)19-14-16-20(17-15-19)29(26,28-4)23(24-18-10-6-5-7-11-18)21-12-8-9-13-22(21)27-3/h5-17,23-24H,1-4H3. The van der Waals surface area contributed by atoms with Crippen LogP contribution in [0.2, 0.25) is 0 Å². The van der Waals surface area contributed by atoms with Crippen molar-refractivity contribution in [2.24, 2.45) is 0 Å². The highest BCUT2D eigenvalue weighted by Gasteiger charge is 2.38. The summed E-state index contributed by atoms with van der Waals surface area (Å²) in [5.74, 6) is 0.0411. The van der Waals surface area contributed by atoms with E-state index in [4.69, 9.17) is 9.26 Å². The van der Waals surface area contributed by atoms with E-state index in [2.05, 4.69) is 5.32 Å². The lowest BCUT2D eigenvalue weighted by atomic mass is 10.2. The van der Waals surface area contributed by atoms with E-state index in [9.17, 15) is 4.57 Å². The van der Waals surface area contributed by atoms with Gasteiger partial charge < -0.3 is 19.5 Å². The molecule has 0 bridgehead atoms. The molecule has 3 aromatic rings. The largest absolute Gasteiger partial charge is 0.496 e. The number of hydrogen-bond donors (Lipinski definition) is 1. The summed E-state index contributed by atoms with van der Waals surface area (Å²) in [6, 6.07) is 24.9. The van der Waals surface area contributed by atoms with Crippen molar-refractivity contribution in [2.75, 3.05) is 38.5 Å².